The number of fused-ring (bicyclic) bond motifs is 1. The Kier molecular flexibility index (Phi) is 10.0. The normalized spacial score (nSPS) is 13.9. The lowest BCUT2D eigenvalue weighted by atomic mass is 9.95. The molecule has 1 atom stereocenters. The zero-order valence-electron chi connectivity index (χ0n) is 20.1. The fraction of sp³-hybridized carbons (Fsp3) is 0.385. The van der Waals surface area contributed by atoms with E-state index >= 15 is 0 Å². The molecule has 0 spiro atoms. The highest BCUT2D eigenvalue weighted by molar-refractivity contribution is 7.59. The van der Waals surface area contributed by atoms with Gasteiger partial charge in [-0.05, 0) is 36.2 Å². The molecule has 9 heteroatoms. The third-order valence-corrected chi connectivity index (χ3v) is 5.93. The largest absolute Gasteiger partial charge is 0.352 e. The molecular weight excluding hydrogens is 461 g/mol. The van der Waals surface area contributed by atoms with Crippen LogP contribution >= 0.6 is 13.5 Å². The van der Waals surface area contributed by atoms with Crippen molar-refractivity contribution < 1.29 is 4.39 Å². The minimum atomic E-state index is -0.226. The molecule has 1 N–H and O–H groups in total. The predicted octanol–water partition coefficient (Wildman–Crippen LogP) is 5.45. The first kappa shape index (κ1) is 28.0. The molecule has 0 aliphatic carbocycles. The first-order valence-electron chi connectivity index (χ1n) is 11.5. The van der Waals surface area contributed by atoms with Crippen molar-refractivity contribution in [2.24, 2.45) is 0 Å². The molecule has 35 heavy (non-hydrogen) atoms. The molecule has 5 rings (SSSR count). The van der Waals surface area contributed by atoms with Crippen molar-refractivity contribution >= 4 is 36.3 Å². The standard InChI is InChI=1S/C23H24FN7.C2H6.CH4.H2S/c1-15-11-20-21(29-15)27-14-28-22(20)30-7-9-31(10-8-30)23-25-12-18(13-26-23)16(2)17-3-5-19(24)6-4-17;1-2;;/h3-6,11-14,16H,7-10H2,1-2H3,(H,27,28,29);1-2H3;1H4;1H2. The SMILES string of the molecule is C.CC.Cc1cc2c(N3CCN(c4ncc(C(C)c5ccc(F)cc5)cn4)CC3)ncnc2[nH]1.S. The van der Waals surface area contributed by atoms with Crippen molar-refractivity contribution in [1.82, 2.24) is 24.9 Å². The van der Waals surface area contributed by atoms with Crippen LogP contribution in [0.5, 0.6) is 0 Å². The Bertz CT molecular complexity index is 1190. The summed E-state index contributed by atoms with van der Waals surface area (Å²) < 4.78 is 13.2. The summed E-state index contributed by atoms with van der Waals surface area (Å²) in [5.41, 5.74) is 4.01. The Morgan fingerprint density at radius 1 is 0.886 bits per heavy atom. The van der Waals surface area contributed by atoms with Gasteiger partial charge in [-0.2, -0.15) is 13.5 Å². The average Bonchev–Trinajstić information content (AvgIpc) is 3.26. The Labute approximate surface area is 214 Å². The van der Waals surface area contributed by atoms with E-state index < -0.39 is 0 Å². The first-order valence-corrected chi connectivity index (χ1v) is 11.5. The van der Waals surface area contributed by atoms with E-state index in [0.717, 1.165) is 65.8 Å². The van der Waals surface area contributed by atoms with Crippen molar-refractivity contribution in [3.8, 4) is 0 Å². The summed E-state index contributed by atoms with van der Waals surface area (Å²) in [7, 11) is 0. The molecule has 0 bridgehead atoms. The number of rotatable bonds is 4. The molecular formula is C26H36FN7S. The van der Waals surface area contributed by atoms with Crippen molar-refractivity contribution in [2.75, 3.05) is 36.0 Å². The van der Waals surface area contributed by atoms with E-state index in [9.17, 15) is 4.39 Å². The molecule has 0 amide bonds. The van der Waals surface area contributed by atoms with Gasteiger partial charge in [-0.15, -0.1) is 0 Å². The molecule has 1 aliphatic heterocycles. The zero-order chi connectivity index (χ0) is 23.4. The minimum absolute atomic E-state index is 0. The summed E-state index contributed by atoms with van der Waals surface area (Å²) in [6, 6.07) is 8.69. The molecule has 1 aliphatic rings. The van der Waals surface area contributed by atoms with Gasteiger partial charge in [-0.3, -0.25) is 0 Å². The van der Waals surface area contributed by atoms with Crippen molar-refractivity contribution in [1.29, 1.82) is 0 Å². The van der Waals surface area contributed by atoms with E-state index in [1.54, 1.807) is 6.33 Å². The predicted molar refractivity (Wildman–Crippen MR) is 147 cm³/mol. The second-order valence-corrected chi connectivity index (χ2v) is 7.98. The number of nitrogens with one attached hydrogen (secondary N) is 1. The number of hydrogen-bond donors (Lipinski definition) is 1. The number of aromatic nitrogens is 5. The van der Waals surface area contributed by atoms with Crippen LogP contribution in [-0.2, 0) is 0 Å². The second kappa shape index (κ2) is 12.5. The highest BCUT2D eigenvalue weighted by atomic mass is 32.1. The third-order valence-electron chi connectivity index (χ3n) is 5.93. The number of benzene rings is 1. The van der Waals surface area contributed by atoms with Crippen LogP contribution in [0.1, 0.15) is 50.9 Å². The summed E-state index contributed by atoms with van der Waals surface area (Å²) in [4.78, 5) is 25.8. The van der Waals surface area contributed by atoms with E-state index in [2.05, 4.69) is 47.7 Å². The molecule has 188 valence electrons. The molecule has 3 aromatic heterocycles. The lowest BCUT2D eigenvalue weighted by molar-refractivity contribution is 0.626. The van der Waals surface area contributed by atoms with Crippen LogP contribution < -0.4 is 9.80 Å². The van der Waals surface area contributed by atoms with E-state index in [0.29, 0.717) is 0 Å². The number of piperazine rings is 1. The van der Waals surface area contributed by atoms with Gasteiger partial charge in [-0.1, -0.05) is 40.3 Å². The van der Waals surface area contributed by atoms with Gasteiger partial charge < -0.3 is 14.8 Å². The van der Waals surface area contributed by atoms with Gasteiger partial charge >= 0.3 is 0 Å². The fourth-order valence-corrected chi connectivity index (χ4v) is 4.09. The third kappa shape index (κ3) is 6.08. The van der Waals surface area contributed by atoms with E-state index in [-0.39, 0.29) is 32.7 Å². The average molecular weight is 498 g/mol. The van der Waals surface area contributed by atoms with Crippen molar-refractivity contribution in [2.45, 2.75) is 41.0 Å². The van der Waals surface area contributed by atoms with Crippen LogP contribution in [-0.4, -0.2) is 51.1 Å². The molecule has 4 heterocycles. The van der Waals surface area contributed by atoms with Gasteiger partial charge in [0.05, 0.1) is 5.39 Å². The lowest BCUT2D eigenvalue weighted by Gasteiger charge is -2.35. The number of aromatic amines is 1. The summed E-state index contributed by atoms with van der Waals surface area (Å²) in [6.45, 7) is 11.4. The molecule has 0 saturated carbocycles. The first-order chi connectivity index (χ1) is 16.1. The Balaban J connectivity index is 0.00000105. The van der Waals surface area contributed by atoms with Gasteiger partial charge in [0.15, 0.2) is 0 Å². The van der Waals surface area contributed by atoms with Gasteiger partial charge in [-0.25, -0.2) is 24.3 Å². The van der Waals surface area contributed by atoms with Gasteiger partial charge in [0.2, 0.25) is 5.95 Å². The maximum Gasteiger partial charge on any atom is 0.225 e. The fourth-order valence-electron chi connectivity index (χ4n) is 4.09. The minimum Gasteiger partial charge on any atom is -0.352 e. The molecule has 7 nitrogen and oxygen atoms in total. The number of aryl methyl sites for hydroxylation is 1. The maximum atomic E-state index is 13.2. The van der Waals surface area contributed by atoms with Gasteiger partial charge in [0, 0.05) is 50.2 Å². The van der Waals surface area contributed by atoms with Gasteiger partial charge in [0.25, 0.3) is 0 Å². The highest BCUT2D eigenvalue weighted by Crippen LogP contribution is 2.26. The quantitative estimate of drug-likeness (QED) is 0.404. The van der Waals surface area contributed by atoms with Crippen LogP contribution in [0.15, 0.2) is 49.1 Å². The molecule has 1 saturated heterocycles. The highest BCUT2D eigenvalue weighted by Gasteiger charge is 2.22. The number of hydrogen-bond acceptors (Lipinski definition) is 6. The van der Waals surface area contributed by atoms with Crippen LogP contribution in [0, 0.1) is 12.7 Å². The second-order valence-electron chi connectivity index (χ2n) is 7.98. The summed E-state index contributed by atoms with van der Waals surface area (Å²) >= 11 is 0. The van der Waals surface area contributed by atoms with Crippen molar-refractivity contribution in [3.05, 3.63) is 71.7 Å². The summed E-state index contributed by atoms with van der Waals surface area (Å²) in [5, 5.41) is 1.06. The Morgan fingerprint density at radius 3 is 2.11 bits per heavy atom. The molecule has 4 aromatic rings. The molecule has 0 radical (unpaired) electrons. The Hall–Kier alpha value is -3.20. The monoisotopic (exact) mass is 497 g/mol. The van der Waals surface area contributed by atoms with E-state index in [1.165, 1.54) is 12.1 Å². The van der Waals surface area contributed by atoms with Crippen molar-refractivity contribution in [3.63, 3.8) is 0 Å². The van der Waals surface area contributed by atoms with Crippen LogP contribution in [0.3, 0.4) is 0 Å². The number of halogens is 1. The molecule has 1 unspecified atom stereocenters. The van der Waals surface area contributed by atoms with Crippen LogP contribution in [0.25, 0.3) is 11.0 Å². The summed E-state index contributed by atoms with van der Waals surface area (Å²) in [5.74, 6) is 1.59. The topological polar surface area (TPSA) is 73.8 Å². The lowest BCUT2D eigenvalue weighted by Crippen LogP contribution is -2.47. The van der Waals surface area contributed by atoms with Crippen LogP contribution in [0.4, 0.5) is 16.2 Å². The molecule has 1 aromatic carbocycles. The molecule has 1 fully saturated rings. The smallest absolute Gasteiger partial charge is 0.225 e. The number of nitrogens with zero attached hydrogens (tertiary/aromatic N) is 6. The Morgan fingerprint density at radius 2 is 1.49 bits per heavy atom. The van der Waals surface area contributed by atoms with E-state index in [4.69, 9.17) is 0 Å². The van der Waals surface area contributed by atoms with E-state index in [1.807, 2.05) is 45.3 Å². The summed E-state index contributed by atoms with van der Waals surface area (Å²) in [6.07, 6.45) is 5.36. The maximum absolute atomic E-state index is 13.2. The number of anilines is 2. The van der Waals surface area contributed by atoms with Gasteiger partial charge in [0.1, 0.15) is 23.6 Å². The number of H-pyrrole nitrogens is 1. The van der Waals surface area contributed by atoms with Crippen LogP contribution in [0.2, 0.25) is 0 Å². The zero-order valence-corrected chi connectivity index (χ0v) is 21.1.